The van der Waals surface area contributed by atoms with Crippen LogP contribution in [-0.2, 0) is 19.1 Å². The number of hydrogen-bond acceptors (Lipinski definition) is 5. The first kappa shape index (κ1) is 18.5. The van der Waals surface area contributed by atoms with Crippen molar-refractivity contribution in [3.63, 3.8) is 0 Å². The number of nitrogens with zero attached hydrogens (tertiary/aromatic N) is 1. The second-order valence-electron chi connectivity index (χ2n) is 6.94. The summed E-state index contributed by atoms with van der Waals surface area (Å²) in [6.07, 6.45) is 2.78. The lowest BCUT2D eigenvalue weighted by Crippen LogP contribution is -2.58. The molecule has 2 aliphatic rings. The minimum atomic E-state index is -0.710. The number of ether oxygens (including phenoxy) is 2. The molecule has 1 N–H and O–H groups in total. The van der Waals surface area contributed by atoms with Gasteiger partial charge in [0.1, 0.15) is 12.1 Å². The lowest BCUT2D eigenvalue weighted by atomic mass is 9.96. The number of amides is 2. The zero-order valence-corrected chi connectivity index (χ0v) is 14.9. The maximum Gasteiger partial charge on any atom is 0.407 e. The van der Waals surface area contributed by atoms with Gasteiger partial charge < -0.3 is 19.7 Å². The Morgan fingerprint density at radius 1 is 1.25 bits per heavy atom. The molecule has 1 saturated heterocycles. The first-order valence-electron chi connectivity index (χ1n) is 8.74. The summed E-state index contributed by atoms with van der Waals surface area (Å²) in [6, 6.07) is -1.18. The van der Waals surface area contributed by atoms with Gasteiger partial charge in [-0.05, 0) is 37.5 Å². The highest BCUT2D eigenvalue weighted by atomic mass is 16.5. The quantitative estimate of drug-likeness (QED) is 0.744. The van der Waals surface area contributed by atoms with E-state index in [1.54, 1.807) is 4.90 Å². The van der Waals surface area contributed by atoms with Gasteiger partial charge in [-0.3, -0.25) is 4.79 Å². The highest BCUT2D eigenvalue weighted by Crippen LogP contribution is 2.43. The fraction of sp³-hybridized carbons (Fsp3) is 0.824. The van der Waals surface area contributed by atoms with E-state index in [4.69, 9.17) is 4.74 Å². The van der Waals surface area contributed by atoms with Gasteiger partial charge in [-0.25, -0.2) is 9.59 Å². The number of piperidine rings is 1. The largest absolute Gasteiger partial charge is 0.464 e. The predicted molar refractivity (Wildman–Crippen MR) is 87.2 cm³/mol. The Balaban J connectivity index is 2.17. The normalized spacial score (nSPS) is 26.4. The van der Waals surface area contributed by atoms with Crippen LogP contribution in [0, 0.1) is 11.8 Å². The van der Waals surface area contributed by atoms with Crippen molar-refractivity contribution in [1.82, 2.24) is 10.2 Å². The molecular formula is C17H28N2O5. The van der Waals surface area contributed by atoms with E-state index in [1.807, 2.05) is 20.8 Å². The lowest BCUT2D eigenvalue weighted by molar-refractivity contribution is -0.158. The third-order valence-corrected chi connectivity index (χ3v) is 4.92. The fourth-order valence-electron chi connectivity index (χ4n) is 3.76. The van der Waals surface area contributed by atoms with Crippen molar-refractivity contribution in [2.75, 3.05) is 13.7 Å². The maximum atomic E-state index is 13.1. The second kappa shape index (κ2) is 7.85. The van der Waals surface area contributed by atoms with Gasteiger partial charge in [0.25, 0.3) is 0 Å². The summed E-state index contributed by atoms with van der Waals surface area (Å²) in [5, 5.41) is 2.60. The molecule has 1 aliphatic carbocycles. The number of hydrogen-bond donors (Lipinski definition) is 1. The van der Waals surface area contributed by atoms with Crippen molar-refractivity contribution in [2.45, 2.75) is 64.6 Å². The van der Waals surface area contributed by atoms with Gasteiger partial charge in [0.05, 0.1) is 13.7 Å². The topological polar surface area (TPSA) is 84.9 Å². The average Bonchev–Trinajstić information content (AvgIpc) is 3.17. The molecule has 1 saturated carbocycles. The van der Waals surface area contributed by atoms with Crippen LogP contribution in [0.3, 0.4) is 0 Å². The molecule has 1 aliphatic heterocycles. The van der Waals surface area contributed by atoms with Gasteiger partial charge in [0.2, 0.25) is 5.91 Å². The molecule has 0 spiro atoms. The lowest BCUT2D eigenvalue weighted by Gasteiger charge is -2.37. The van der Waals surface area contributed by atoms with Gasteiger partial charge in [0, 0.05) is 6.04 Å². The number of rotatable bonds is 6. The number of fused-ring (bicyclic) bond motifs is 2. The number of likely N-dealkylation sites (tertiary alicyclic amines) is 1. The Morgan fingerprint density at radius 2 is 1.96 bits per heavy atom. The summed E-state index contributed by atoms with van der Waals surface area (Å²) in [5.74, 6) is -0.490. The third-order valence-electron chi connectivity index (χ3n) is 4.92. The van der Waals surface area contributed by atoms with E-state index in [0.29, 0.717) is 6.61 Å². The summed E-state index contributed by atoms with van der Waals surface area (Å²) >= 11 is 0. The summed E-state index contributed by atoms with van der Waals surface area (Å²) < 4.78 is 9.93. The molecule has 2 bridgehead atoms. The Bertz CT molecular complexity index is 493. The maximum absolute atomic E-state index is 13.1. The molecule has 0 aromatic rings. The average molecular weight is 340 g/mol. The van der Waals surface area contributed by atoms with Crippen molar-refractivity contribution in [2.24, 2.45) is 11.8 Å². The molecule has 2 rings (SSSR count). The van der Waals surface area contributed by atoms with Crippen LogP contribution in [0.2, 0.25) is 0 Å². The monoisotopic (exact) mass is 340 g/mol. The van der Waals surface area contributed by atoms with Gasteiger partial charge in [0.15, 0.2) is 0 Å². The Morgan fingerprint density at radius 3 is 2.54 bits per heavy atom. The first-order valence-corrected chi connectivity index (χ1v) is 8.74. The van der Waals surface area contributed by atoms with E-state index in [2.05, 4.69) is 10.1 Å². The molecule has 4 unspecified atom stereocenters. The SMILES string of the molecule is CCCOC(=O)C1C2CCC(C2)N1C(=O)C(NC(=O)OC)C(C)C. The minimum absolute atomic E-state index is 0.0578. The van der Waals surface area contributed by atoms with Crippen LogP contribution >= 0.6 is 0 Å². The third kappa shape index (κ3) is 3.65. The van der Waals surface area contributed by atoms with Crippen LogP contribution in [0.1, 0.15) is 46.5 Å². The molecule has 7 heteroatoms. The van der Waals surface area contributed by atoms with Gasteiger partial charge in [-0.2, -0.15) is 0 Å². The molecule has 2 amide bonds. The molecule has 1 heterocycles. The van der Waals surface area contributed by atoms with Gasteiger partial charge in [-0.15, -0.1) is 0 Å². The molecule has 136 valence electrons. The van der Waals surface area contributed by atoms with Gasteiger partial charge >= 0.3 is 12.1 Å². The Hall–Kier alpha value is -1.79. The van der Waals surface area contributed by atoms with Crippen molar-refractivity contribution in [1.29, 1.82) is 0 Å². The number of carbonyl (C=O) groups excluding carboxylic acids is 3. The van der Waals surface area contributed by atoms with Crippen molar-refractivity contribution < 1.29 is 23.9 Å². The summed E-state index contributed by atoms with van der Waals surface area (Å²) in [5.41, 5.74) is 0. The molecule has 0 aromatic heterocycles. The van der Waals surface area contributed by atoms with Crippen molar-refractivity contribution >= 4 is 18.0 Å². The van der Waals surface area contributed by atoms with Crippen LogP contribution in [0.5, 0.6) is 0 Å². The number of nitrogens with one attached hydrogen (secondary N) is 1. The molecule has 4 atom stereocenters. The zero-order chi connectivity index (χ0) is 17.9. The molecular weight excluding hydrogens is 312 g/mol. The van der Waals surface area contributed by atoms with Crippen LogP contribution in [-0.4, -0.2) is 54.7 Å². The van der Waals surface area contributed by atoms with E-state index in [0.717, 1.165) is 25.7 Å². The van der Waals surface area contributed by atoms with Crippen LogP contribution < -0.4 is 5.32 Å². The smallest absolute Gasteiger partial charge is 0.407 e. The van der Waals surface area contributed by atoms with E-state index in [-0.39, 0.29) is 29.8 Å². The fourth-order valence-corrected chi connectivity index (χ4v) is 3.76. The van der Waals surface area contributed by atoms with E-state index >= 15 is 0 Å². The van der Waals surface area contributed by atoms with E-state index in [9.17, 15) is 14.4 Å². The molecule has 7 nitrogen and oxygen atoms in total. The van der Waals surface area contributed by atoms with Gasteiger partial charge in [-0.1, -0.05) is 20.8 Å². The highest BCUT2D eigenvalue weighted by Gasteiger charge is 2.53. The number of methoxy groups -OCH3 is 1. The van der Waals surface area contributed by atoms with Crippen LogP contribution in [0.15, 0.2) is 0 Å². The Labute approximate surface area is 143 Å². The predicted octanol–water partition coefficient (Wildman–Crippen LogP) is 1.70. The summed E-state index contributed by atoms with van der Waals surface area (Å²) in [4.78, 5) is 38.7. The number of esters is 1. The van der Waals surface area contributed by atoms with E-state index < -0.39 is 18.2 Å². The molecule has 24 heavy (non-hydrogen) atoms. The van der Waals surface area contributed by atoms with Crippen molar-refractivity contribution in [3.8, 4) is 0 Å². The second-order valence-corrected chi connectivity index (χ2v) is 6.94. The highest BCUT2D eigenvalue weighted by molar-refractivity contribution is 5.91. The molecule has 0 aromatic carbocycles. The first-order chi connectivity index (χ1) is 11.4. The Kier molecular flexibility index (Phi) is 6.07. The molecule has 0 radical (unpaired) electrons. The molecule has 2 fully saturated rings. The number of carbonyl (C=O) groups is 3. The van der Waals surface area contributed by atoms with Crippen molar-refractivity contribution in [3.05, 3.63) is 0 Å². The summed E-state index contributed by atoms with van der Waals surface area (Å²) in [7, 11) is 1.26. The van der Waals surface area contributed by atoms with Crippen LogP contribution in [0.25, 0.3) is 0 Å². The van der Waals surface area contributed by atoms with E-state index in [1.165, 1.54) is 7.11 Å². The number of alkyl carbamates (subject to hydrolysis) is 1. The zero-order valence-electron chi connectivity index (χ0n) is 14.9. The summed E-state index contributed by atoms with van der Waals surface area (Å²) in [6.45, 7) is 6.02. The van der Waals surface area contributed by atoms with Crippen LogP contribution in [0.4, 0.5) is 4.79 Å². The standard InChI is InChI=1S/C17H28N2O5/c1-5-8-24-16(21)14-11-6-7-12(9-11)19(14)15(20)13(10(2)3)18-17(22)23-4/h10-14H,5-9H2,1-4H3,(H,18,22). The minimum Gasteiger partial charge on any atom is -0.464 e.